The van der Waals surface area contributed by atoms with Crippen LogP contribution in [-0.4, -0.2) is 86.7 Å². The van der Waals surface area contributed by atoms with Crippen LogP contribution in [0.3, 0.4) is 0 Å². The highest BCUT2D eigenvalue weighted by Gasteiger charge is 2.34. The molecule has 3 aromatic heterocycles. The highest BCUT2D eigenvalue weighted by Crippen LogP contribution is 2.20. The van der Waals surface area contributed by atoms with Crippen molar-refractivity contribution in [3.8, 4) is 0 Å². The number of rotatable bonds is 4. The van der Waals surface area contributed by atoms with Crippen molar-refractivity contribution in [2.24, 2.45) is 7.05 Å². The van der Waals surface area contributed by atoms with Gasteiger partial charge in [0, 0.05) is 38.1 Å². The number of amides is 2. The van der Waals surface area contributed by atoms with Gasteiger partial charge in [-0.2, -0.15) is 10.1 Å². The number of carbonyl (C=O) groups is 2. The smallest absolute Gasteiger partial charge is 0.274 e. The van der Waals surface area contributed by atoms with Crippen LogP contribution in [0.4, 0.5) is 16.0 Å². The molecule has 0 atom stereocenters. The van der Waals surface area contributed by atoms with Gasteiger partial charge >= 0.3 is 0 Å². The molecular formula is C19H21FN8O3. The number of ether oxygens (including phenoxy) is 1. The van der Waals surface area contributed by atoms with Gasteiger partial charge < -0.3 is 19.9 Å². The summed E-state index contributed by atoms with van der Waals surface area (Å²) < 4.78 is 21.5. The second-order valence-electron chi connectivity index (χ2n) is 7.52. The van der Waals surface area contributed by atoms with Crippen LogP contribution in [0.1, 0.15) is 20.8 Å². The third-order valence-corrected chi connectivity index (χ3v) is 5.39. The van der Waals surface area contributed by atoms with Crippen LogP contribution in [-0.2, 0) is 11.8 Å². The number of anilines is 2. The van der Waals surface area contributed by atoms with E-state index in [1.54, 1.807) is 29.9 Å². The van der Waals surface area contributed by atoms with E-state index in [0.717, 1.165) is 13.1 Å². The Morgan fingerprint density at radius 2 is 2.03 bits per heavy atom. The summed E-state index contributed by atoms with van der Waals surface area (Å²) >= 11 is 0. The lowest BCUT2D eigenvalue weighted by Crippen LogP contribution is -2.51. The molecule has 0 bridgehead atoms. The van der Waals surface area contributed by atoms with E-state index in [1.165, 1.54) is 15.8 Å². The van der Waals surface area contributed by atoms with Gasteiger partial charge in [0.2, 0.25) is 5.95 Å². The monoisotopic (exact) mass is 428 g/mol. The van der Waals surface area contributed by atoms with Crippen LogP contribution >= 0.6 is 0 Å². The number of aromatic nitrogens is 5. The molecular weight excluding hydrogens is 407 g/mol. The number of nitrogens with one attached hydrogen (secondary N) is 1. The standard InChI is InChI=1S/C19H21FN8O3/c1-25-16(14(9-21-25)18(30)27-10-12(20)11-27)17(29)22-13-2-3-28-15(8-13)23-19(24-28)26-4-6-31-7-5-26/h2-3,8-9,12H,4-7,10-11H2,1H3,(H,22,29). The molecule has 2 fully saturated rings. The van der Waals surface area contributed by atoms with Crippen LogP contribution in [0.15, 0.2) is 24.5 Å². The lowest BCUT2D eigenvalue weighted by molar-refractivity contribution is 0.0398. The van der Waals surface area contributed by atoms with E-state index in [2.05, 4.69) is 20.5 Å². The summed E-state index contributed by atoms with van der Waals surface area (Å²) in [5, 5.41) is 11.3. The molecule has 31 heavy (non-hydrogen) atoms. The Hall–Kier alpha value is -3.54. The minimum absolute atomic E-state index is 0.0316. The first-order valence-electron chi connectivity index (χ1n) is 9.95. The number of nitrogens with zero attached hydrogens (tertiary/aromatic N) is 7. The Morgan fingerprint density at radius 3 is 2.77 bits per heavy atom. The van der Waals surface area contributed by atoms with Gasteiger partial charge in [0.25, 0.3) is 11.8 Å². The number of hydrogen-bond donors (Lipinski definition) is 1. The molecule has 0 saturated carbocycles. The molecule has 0 aliphatic carbocycles. The number of alkyl halides is 1. The van der Waals surface area contributed by atoms with Crippen molar-refractivity contribution in [3.63, 3.8) is 0 Å². The minimum Gasteiger partial charge on any atom is -0.378 e. The van der Waals surface area contributed by atoms with Gasteiger partial charge in [-0.3, -0.25) is 14.3 Å². The predicted molar refractivity (Wildman–Crippen MR) is 108 cm³/mol. The van der Waals surface area contributed by atoms with Gasteiger partial charge in [-0.05, 0) is 6.07 Å². The number of halogens is 1. The maximum Gasteiger partial charge on any atom is 0.274 e. The van der Waals surface area contributed by atoms with Gasteiger partial charge in [0.1, 0.15) is 11.9 Å². The van der Waals surface area contributed by atoms with E-state index >= 15 is 0 Å². The molecule has 2 aliphatic rings. The number of carbonyl (C=O) groups excluding carboxylic acids is 2. The third-order valence-electron chi connectivity index (χ3n) is 5.39. The average Bonchev–Trinajstić information content (AvgIpc) is 3.35. The minimum atomic E-state index is -1.02. The van der Waals surface area contributed by atoms with Crippen LogP contribution in [0.25, 0.3) is 5.65 Å². The number of fused-ring (bicyclic) bond motifs is 1. The van der Waals surface area contributed by atoms with Crippen molar-refractivity contribution in [3.05, 3.63) is 35.8 Å². The third kappa shape index (κ3) is 3.58. The number of morpholine rings is 1. The molecule has 5 rings (SSSR count). The van der Waals surface area contributed by atoms with Crippen LogP contribution in [0, 0.1) is 0 Å². The first-order chi connectivity index (χ1) is 15.0. The highest BCUT2D eigenvalue weighted by atomic mass is 19.1. The van der Waals surface area contributed by atoms with E-state index in [9.17, 15) is 14.0 Å². The van der Waals surface area contributed by atoms with E-state index < -0.39 is 18.0 Å². The maximum absolute atomic E-state index is 13.1. The fourth-order valence-corrected chi connectivity index (χ4v) is 3.66. The van der Waals surface area contributed by atoms with Crippen molar-refractivity contribution < 1.29 is 18.7 Å². The molecule has 12 heteroatoms. The molecule has 5 heterocycles. The SMILES string of the molecule is Cn1ncc(C(=O)N2CC(F)C2)c1C(=O)Nc1ccn2nc(N3CCOCC3)nc2c1. The topological polar surface area (TPSA) is 110 Å². The number of aryl methyl sites for hydroxylation is 1. The number of pyridine rings is 1. The summed E-state index contributed by atoms with van der Waals surface area (Å²) in [7, 11) is 1.58. The second kappa shape index (κ2) is 7.61. The van der Waals surface area contributed by atoms with E-state index in [4.69, 9.17) is 4.74 Å². The molecule has 11 nitrogen and oxygen atoms in total. The zero-order valence-corrected chi connectivity index (χ0v) is 16.9. The van der Waals surface area contributed by atoms with Crippen molar-refractivity contribution >= 4 is 29.1 Å². The molecule has 0 unspecified atom stereocenters. The molecule has 2 amide bonds. The van der Waals surface area contributed by atoms with Gasteiger partial charge in [-0.15, -0.1) is 5.10 Å². The molecule has 0 radical (unpaired) electrons. The van der Waals surface area contributed by atoms with Crippen LogP contribution < -0.4 is 10.2 Å². The second-order valence-corrected chi connectivity index (χ2v) is 7.52. The van der Waals surface area contributed by atoms with E-state index in [0.29, 0.717) is 30.5 Å². The Morgan fingerprint density at radius 1 is 1.26 bits per heavy atom. The summed E-state index contributed by atoms with van der Waals surface area (Å²) in [5.74, 6) is -0.292. The first-order valence-corrected chi connectivity index (χ1v) is 9.95. The van der Waals surface area contributed by atoms with E-state index in [1.807, 2.05) is 4.90 Å². The van der Waals surface area contributed by atoms with Crippen LogP contribution in [0.5, 0.6) is 0 Å². The Bertz CT molecular complexity index is 1150. The molecule has 162 valence electrons. The fraction of sp³-hybridized carbons (Fsp3) is 0.421. The van der Waals surface area contributed by atoms with Crippen molar-refractivity contribution in [2.75, 3.05) is 49.6 Å². The number of hydrogen-bond acceptors (Lipinski definition) is 7. The molecule has 2 aliphatic heterocycles. The maximum atomic E-state index is 13.1. The normalized spacial score (nSPS) is 17.1. The van der Waals surface area contributed by atoms with Gasteiger partial charge in [0.15, 0.2) is 5.65 Å². The largest absolute Gasteiger partial charge is 0.378 e. The predicted octanol–water partition coefficient (Wildman–Crippen LogP) is 0.346. The average molecular weight is 428 g/mol. The summed E-state index contributed by atoms with van der Waals surface area (Å²) in [4.78, 5) is 33.4. The van der Waals surface area contributed by atoms with Gasteiger partial charge in [0.05, 0.1) is 38.1 Å². The van der Waals surface area contributed by atoms with Gasteiger partial charge in [-0.1, -0.05) is 0 Å². The van der Waals surface area contributed by atoms with E-state index in [-0.39, 0.29) is 24.3 Å². The lowest BCUT2D eigenvalue weighted by atomic mass is 10.1. The van der Waals surface area contributed by atoms with Crippen molar-refractivity contribution in [2.45, 2.75) is 6.17 Å². The Kier molecular flexibility index (Phi) is 4.77. The summed E-state index contributed by atoms with van der Waals surface area (Å²) in [5.41, 5.74) is 1.34. The Balaban J connectivity index is 1.36. The summed E-state index contributed by atoms with van der Waals surface area (Å²) in [6, 6.07) is 3.40. The zero-order valence-electron chi connectivity index (χ0n) is 16.9. The first kappa shape index (κ1) is 19.4. The summed E-state index contributed by atoms with van der Waals surface area (Å²) in [6.45, 7) is 2.77. The lowest BCUT2D eigenvalue weighted by Gasteiger charge is -2.34. The van der Waals surface area contributed by atoms with Crippen molar-refractivity contribution in [1.82, 2.24) is 29.3 Å². The molecule has 3 aromatic rings. The number of likely N-dealkylation sites (tertiary alicyclic amines) is 1. The molecule has 2 saturated heterocycles. The van der Waals surface area contributed by atoms with Gasteiger partial charge in [-0.25, -0.2) is 8.91 Å². The van der Waals surface area contributed by atoms with Crippen molar-refractivity contribution in [1.29, 1.82) is 0 Å². The zero-order chi connectivity index (χ0) is 21.5. The Labute approximate surface area is 176 Å². The fourth-order valence-electron chi connectivity index (χ4n) is 3.66. The molecule has 0 aromatic carbocycles. The highest BCUT2D eigenvalue weighted by molar-refractivity contribution is 6.11. The molecule has 0 spiro atoms. The summed E-state index contributed by atoms with van der Waals surface area (Å²) in [6.07, 6.45) is 2.02. The van der Waals surface area contributed by atoms with Crippen LogP contribution in [0.2, 0.25) is 0 Å². The quantitative estimate of drug-likeness (QED) is 0.638. The molecule has 1 N–H and O–H groups in total.